The standard InChI is InChI=1S/C42H54ClN7O4/c1-26-30(11-8-14-34(26)47-40(51)33(17-20-44)39(45-2)27-9-6-10-27)31-12-7-13-32(38(31)43)35-25-28-15-16-36(37(28)41(48-35)54-5)49(3)21-18-29-19-22-50(23-24-53-4)42(52)46-29/h7-8,11-14,17,25,29,36,45H,6,9-10,15-16,18-24,44H2,1-5H3,(H,46,52)(H,47,51)/b33-17+. The Morgan fingerprint density at radius 1 is 1.13 bits per heavy atom. The maximum Gasteiger partial charge on any atom is 0.317 e. The van der Waals surface area contributed by atoms with Crippen LogP contribution in [0.2, 0.25) is 5.02 Å². The molecule has 0 radical (unpaired) electrons. The molecule has 1 aromatic heterocycles. The Bertz CT molecular complexity index is 1920. The van der Waals surface area contributed by atoms with Crippen molar-refractivity contribution in [1.29, 1.82) is 0 Å². The van der Waals surface area contributed by atoms with Crippen LogP contribution in [0.15, 0.2) is 65.4 Å². The van der Waals surface area contributed by atoms with Crippen LogP contribution in [-0.4, -0.2) is 93.9 Å². The molecule has 3 aliphatic rings. The van der Waals surface area contributed by atoms with Gasteiger partial charge in [0.25, 0.3) is 5.91 Å². The summed E-state index contributed by atoms with van der Waals surface area (Å²) in [6, 6.07) is 14.3. The lowest BCUT2D eigenvalue weighted by Crippen LogP contribution is -2.53. The summed E-state index contributed by atoms with van der Waals surface area (Å²) in [5, 5.41) is 10.1. The Morgan fingerprint density at radius 2 is 1.89 bits per heavy atom. The number of nitrogens with one attached hydrogen (secondary N) is 3. The lowest BCUT2D eigenvalue weighted by atomic mass is 9.88. The van der Waals surface area contributed by atoms with Gasteiger partial charge in [-0.3, -0.25) is 9.69 Å². The fraction of sp³-hybridized carbons (Fsp3) is 0.452. The van der Waals surface area contributed by atoms with Crippen molar-refractivity contribution in [3.8, 4) is 28.3 Å². The molecule has 2 atom stereocenters. The van der Waals surface area contributed by atoms with Crippen molar-refractivity contribution in [2.45, 2.75) is 64.0 Å². The quantitative estimate of drug-likeness (QED) is 0.128. The minimum absolute atomic E-state index is 0.0157. The molecule has 0 bridgehead atoms. The number of methoxy groups -OCH3 is 2. The van der Waals surface area contributed by atoms with Crippen LogP contribution < -0.4 is 26.4 Å². The number of anilines is 1. The number of carbonyl (C=O) groups excluding carboxylic acids is 2. The molecule has 2 fully saturated rings. The van der Waals surface area contributed by atoms with Crippen molar-refractivity contribution in [3.05, 3.63) is 87.1 Å². The zero-order valence-corrected chi connectivity index (χ0v) is 32.9. The maximum atomic E-state index is 13.7. The van der Waals surface area contributed by atoms with E-state index in [2.05, 4.69) is 34.0 Å². The van der Waals surface area contributed by atoms with E-state index >= 15 is 0 Å². The van der Waals surface area contributed by atoms with Gasteiger partial charge in [-0.2, -0.15) is 0 Å². The van der Waals surface area contributed by atoms with E-state index in [0.29, 0.717) is 35.3 Å². The average molecular weight is 756 g/mol. The lowest BCUT2D eigenvalue weighted by molar-refractivity contribution is -0.112. The summed E-state index contributed by atoms with van der Waals surface area (Å²) >= 11 is 7.25. The van der Waals surface area contributed by atoms with Crippen LogP contribution in [0.1, 0.15) is 61.3 Å². The number of nitrogens with two attached hydrogens (primary N) is 1. The van der Waals surface area contributed by atoms with Crippen molar-refractivity contribution in [3.63, 3.8) is 0 Å². The van der Waals surface area contributed by atoms with Gasteiger partial charge < -0.3 is 36.1 Å². The average Bonchev–Trinajstić information content (AvgIpc) is 3.59. The number of benzene rings is 2. The first-order valence-electron chi connectivity index (χ1n) is 19.0. The fourth-order valence-corrected chi connectivity index (χ4v) is 8.26. The highest BCUT2D eigenvalue weighted by Gasteiger charge is 2.33. The van der Waals surface area contributed by atoms with Crippen LogP contribution in [0.25, 0.3) is 22.4 Å². The van der Waals surface area contributed by atoms with E-state index in [1.54, 1.807) is 20.3 Å². The van der Waals surface area contributed by atoms with Gasteiger partial charge in [-0.05, 0) is 93.3 Å². The Hall–Kier alpha value is -4.42. The van der Waals surface area contributed by atoms with Crippen LogP contribution in [0.5, 0.6) is 5.88 Å². The number of aryl methyl sites for hydroxylation is 1. The van der Waals surface area contributed by atoms with Crippen molar-refractivity contribution in [1.82, 2.24) is 25.4 Å². The lowest BCUT2D eigenvalue weighted by Gasteiger charge is -2.34. The summed E-state index contributed by atoms with van der Waals surface area (Å²) in [7, 11) is 7.32. The van der Waals surface area contributed by atoms with E-state index in [9.17, 15) is 9.59 Å². The van der Waals surface area contributed by atoms with Crippen molar-refractivity contribution < 1.29 is 19.1 Å². The Balaban J connectivity index is 1.20. The van der Waals surface area contributed by atoms with E-state index in [-0.39, 0.29) is 30.6 Å². The maximum absolute atomic E-state index is 13.7. The first-order valence-corrected chi connectivity index (χ1v) is 19.4. The number of nitrogens with zero attached hydrogens (tertiary/aromatic N) is 3. The van der Waals surface area contributed by atoms with Crippen molar-refractivity contribution in [2.75, 3.05) is 66.4 Å². The Kier molecular flexibility index (Phi) is 13.0. The minimum Gasteiger partial charge on any atom is -0.481 e. The number of carbonyl (C=O) groups is 2. The number of halogens is 1. The highest BCUT2D eigenvalue weighted by atomic mass is 35.5. The van der Waals surface area contributed by atoms with Crippen LogP contribution in [0.3, 0.4) is 0 Å². The summed E-state index contributed by atoms with van der Waals surface area (Å²) in [4.78, 5) is 35.5. The molecule has 2 aromatic carbocycles. The topological polar surface area (TPSA) is 134 Å². The number of hydrogen-bond donors (Lipinski definition) is 4. The minimum atomic E-state index is -0.200. The number of fused-ring (bicyclic) bond motifs is 1. The first-order chi connectivity index (χ1) is 26.2. The summed E-state index contributed by atoms with van der Waals surface area (Å²) < 4.78 is 11.1. The van der Waals surface area contributed by atoms with E-state index in [1.165, 1.54) is 11.1 Å². The van der Waals surface area contributed by atoms with E-state index in [1.807, 2.05) is 55.3 Å². The van der Waals surface area contributed by atoms with Gasteiger partial charge in [0.2, 0.25) is 5.88 Å². The van der Waals surface area contributed by atoms with Gasteiger partial charge in [-0.15, -0.1) is 0 Å². The molecule has 54 heavy (non-hydrogen) atoms. The SMILES string of the molecule is CNC(=C1CCC1)/C(=C\CN)C(=O)Nc1cccc(-c2cccc(-c3cc4c(c(OC)n3)C(N(C)CCC3CCN(CCOC)C(=O)N3)CC4)c2Cl)c1C. The second-order valence-corrected chi connectivity index (χ2v) is 14.7. The van der Waals surface area contributed by atoms with Crippen LogP contribution in [-0.2, 0) is 16.0 Å². The predicted molar refractivity (Wildman–Crippen MR) is 216 cm³/mol. The first kappa shape index (κ1) is 39.3. The third-order valence-electron chi connectivity index (χ3n) is 11.2. The molecule has 3 amide bonds. The van der Waals surface area contributed by atoms with Gasteiger partial charge in [0.1, 0.15) is 0 Å². The Labute approximate surface area is 324 Å². The molecule has 6 rings (SSSR count). The van der Waals surface area contributed by atoms with E-state index < -0.39 is 0 Å². The summed E-state index contributed by atoms with van der Waals surface area (Å²) in [6.45, 7) is 4.98. The third-order valence-corrected chi connectivity index (χ3v) is 11.6. The van der Waals surface area contributed by atoms with Gasteiger partial charge in [-0.1, -0.05) is 48.0 Å². The summed E-state index contributed by atoms with van der Waals surface area (Å²) in [6.07, 6.45) is 8.51. The van der Waals surface area contributed by atoms with Crippen LogP contribution in [0, 0.1) is 6.92 Å². The molecule has 2 aliphatic carbocycles. The highest BCUT2D eigenvalue weighted by Crippen LogP contribution is 2.44. The molecule has 2 unspecified atom stereocenters. The molecule has 288 valence electrons. The molecular weight excluding hydrogens is 702 g/mol. The molecule has 1 saturated carbocycles. The molecule has 2 heterocycles. The number of pyridine rings is 1. The number of aromatic nitrogens is 1. The van der Waals surface area contributed by atoms with Gasteiger partial charge in [-0.25, -0.2) is 9.78 Å². The normalized spacial score (nSPS) is 18.3. The number of rotatable bonds is 15. The number of ether oxygens (including phenoxy) is 2. The largest absolute Gasteiger partial charge is 0.481 e. The summed E-state index contributed by atoms with van der Waals surface area (Å²) in [5.74, 6) is 0.409. The highest BCUT2D eigenvalue weighted by molar-refractivity contribution is 6.36. The monoisotopic (exact) mass is 755 g/mol. The van der Waals surface area contributed by atoms with Crippen LogP contribution >= 0.6 is 11.6 Å². The molecular formula is C42H54ClN7O4. The fourth-order valence-electron chi connectivity index (χ4n) is 7.94. The Morgan fingerprint density at radius 3 is 2.57 bits per heavy atom. The number of urea groups is 1. The molecule has 1 saturated heterocycles. The zero-order chi connectivity index (χ0) is 38.4. The number of allylic oxidation sites excluding steroid dienone is 1. The van der Waals surface area contributed by atoms with Gasteiger partial charge >= 0.3 is 6.03 Å². The molecule has 12 heteroatoms. The second-order valence-electron chi connectivity index (χ2n) is 14.4. The molecule has 3 aromatic rings. The smallest absolute Gasteiger partial charge is 0.317 e. The molecule has 5 N–H and O–H groups in total. The predicted octanol–water partition coefficient (Wildman–Crippen LogP) is 6.61. The zero-order valence-electron chi connectivity index (χ0n) is 32.2. The van der Waals surface area contributed by atoms with Gasteiger partial charge in [0.05, 0.1) is 30.0 Å². The molecule has 1 aliphatic heterocycles. The van der Waals surface area contributed by atoms with Gasteiger partial charge in [0, 0.05) is 80.5 Å². The molecule has 0 spiro atoms. The van der Waals surface area contributed by atoms with Crippen molar-refractivity contribution in [2.24, 2.45) is 5.73 Å². The van der Waals surface area contributed by atoms with Gasteiger partial charge in [0.15, 0.2) is 0 Å². The number of amides is 3. The van der Waals surface area contributed by atoms with Crippen molar-refractivity contribution >= 4 is 29.2 Å². The number of hydrogen-bond acceptors (Lipinski definition) is 8. The third kappa shape index (κ3) is 8.29. The molecule has 11 nitrogen and oxygen atoms in total. The van der Waals surface area contributed by atoms with Crippen LogP contribution in [0.4, 0.5) is 10.5 Å². The van der Waals surface area contributed by atoms with E-state index in [0.717, 1.165) is 97.2 Å². The second kappa shape index (κ2) is 17.8. The number of likely N-dealkylation sites (N-methyl/N-ethyl adjacent to an activating group) is 1. The van der Waals surface area contributed by atoms with E-state index in [4.69, 9.17) is 31.8 Å². The summed E-state index contributed by atoms with van der Waals surface area (Å²) in [5.41, 5.74) is 15.8.